The van der Waals surface area contributed by atoms with Crippen molar-refractivity contribution in [2.24, 2.45) is 0 Å². The summed E-state index contributed by atoms with van der Waals surface area (Å²) in [5.41, 5.74) is 0. The first-order chi connectivity index (χ1) is 8.06. The minimum atomic E-state index is -0.393. The van der Waals surface area contributed by atoms with Crippen molar-refractivity contribution in [1.29, 1.82) is 0 Å². The molecule has 0 spiro atoms. The van der Waals surface area contributed by atoms with Gasteiger partial charge in [0.05, 0.1) is 6.54 Å². The lowest BCUT2D eigenvalue weighted by Gasteiger charge is -2.04. The molecule has 6 nitrogen and oxygen atoms in total. The second-order valence-corrected chi connectivity index (χ2v) is 4.02. The maximum atomic E-state index is 10.8. The Balaban J connectivity index is 2.99. The zero-order chi connectivity index (χ0) is 12.8. The fourth-order valence-electron chi connectivity index (χ4n) is 1.42. The van der Waals surface area contributed by atoms with Gasteiger partial charge < -0.3 is 15.0 Å². The van der Waals surface area contributed by atoms with E-state index in [0.29, 0.717) is 12.4 Å². The Morgan fingerprint density at radius 2 is 2.29 bits per heavy atom. The molecule has 0 N–H and O–H groups in total. The molecular formula is C11H18N4O2. The zero-order valence-corrected chi connectivity index (χ0v) is 10.5. The highest BCUT2D eigenvalue weighted by atomic mass is 16.6. The van der Waals surface area contributed by atoms with Crippen molar-refractivity contribution in [2.45, 2.75) is 26.3 Å². The third-order valence-corrected chi connectivity index (χ3v) is 2.31. The van der Waals surface area contributed by atoms with E-state index in [4.69, 9.17) is 0 Å². The van der Waals surface area contributed by atoms with Crippen LogP contribution in [0.25, 0.3) is 6.08 Å². The van der Waals surface area contributed by atoms with E-state index in [2.05, 4.69) is 11.9 Å². The van der Waals surface area contributed by atoms with Gasteiger partial charge in [-0.2, -0.15) is 0 Å². The smallest absolute Gasteiger partial charge is 0.343 e. The largest absolute Gasteiger partial charge is 0.383 e. The van der Waals surface area contributed by atoms with Gasteiger partial charge in [0, 0.05) is 26.4 Å². The Hall–Kier alpha value is -1.85. The highest BCUT2D eigenvalue weighted by Gasteiger charge is 2.17. The molecule has 0 saturated heterocycles. The number of unbranched alkanes of at least 4 members (excludes halogenated alkanes) is 1. The van der Waals surface area contributed by atoms with Gasteiger partial charge in [-0.1, -0.05) is 13.3 Å². The number of nitro groups is 1. The zero-order valence-electron chi connectivity index (χ0n) is 10.5. The molecule has 1 rings (SSSR count). The minimum absolute atomic E-state index is 0.0526. The van der Waals surface area contributed by atoms with Crippen LogP contribution in [0, 0.1) is 10.1 Å². The van der Waals surface area contributed by atoms with Gasteiger partial charge in [0.1, 0.15) is 6.20 Å². The van der Waals surface area contributed by atoms with E-state index >= 15 is 0 Å². The first-order valence-corrected chi connectivity index (χ1v) is 5.60. The summed E-state index contributed by atoms with van der Waals surface area (Å²) < 4.78 is 1.64. The Morgan fingerprint density at radius 3 is 2.82 bits per heavy atom. The lowest BCUT2D eigenvalue weighted by Crippen LogP contribution is -2.06. The van der Waals surface area contributed by atoms with E-state index in [1.807, 2.05) is 25.2 Å². The summed E-state index contributed by atoms with van der Waals surface area (Å²) in [5.74, 6) is 0.677. The van der Waals surface area contributed by atoms with Gasteiger partial charge in [-0.3, -0.25) is 0 Å². The average Bonchev–Trinajstić information content (AvgIpc) is 2.66. The molecule has 0 unspecified atom stereocenters. The minimum Gasteiger partial charge on any atom is -0.383 e. The van der Waals surface area contributed by atoms with E-state index in [1.165, 1.54) is 6.20 Å². The highest BCUT2D eigenvalue weighted by molar-refractivity contribution is 5.43. The normalized spacial score (nSPS) is 11.0. The van der Waals surface area contributed by atoms with Crippen molar-refractivity contribution in [3.05, 3.63) is 28.3 Å². The van der Waals surface area contributed by atoms with Crippen molar-refractivity contribution in [3.8, 4) is 0 Å². The standard InChI is InChI=1S/C11H18N4O2/c1-4-5-7-14-10(6-8-13(2)3)12-9-11(14)15(16)17/h6,8-9H,4-5,7H2,1-3H3/b8-6+. The molecule has 0 radical (unpaired) electrons. The number of aromatic nitrogens is 2. The SMILES string of the molecule is CCCCn1c([N+](=O)[O-])cnc1/C=C/N(C)C. The number of imidazole rings is 1. The molecule has 0 aliphatic heterocycles. The van der Waals surface area contributed by atoms with Crippen LogP contribution in [-0.2, 0) is 6.54 Å². The summed E-state index contributed by atoms with van der Waals surface area (Å²) in [6.45, 7) is 2.68. The third-order valence-electron chi connectivity index (χ3n) is 2.31. The van der Waals surface area contributed by atoms with E-state index in [0.717, 1.165) is 12.8 Å². The summed E-state index contributed by atoms with van der Waals surface area (Å²) >= 11 is 0. The predicted molar refractivity (Wildman–Crippen MR) is 66.5 cm³/mol. The number of hydrogen-bond acceptors (Lipinski definition) is 4. The summed E-state index contributed by atoms with van der Waals surface area (Å²) in [4.78, 5) is 16.4. The molecule has 0 fully saturated rings. The molecule has 1 heterocycles. The molecule has 1 aromatic rings. The van der Waals surface area contributed by atoms with Crippen LogP contribution < -0.4 is 0 Å². The van der Waals surface area contributed by atoms with Crippen LogP contribution in [-0.4, -0.2) is 33.5 Å². The number of nitrogens with zero attached hydrogens (tertiary/aromatic N) is 4. The van der Waals surface area contributed by atoms with Gasteiger partial charge in [0.2, 0.25) is 5.82 Å². The van der Waals surface area contributed by atoms with E-state index in [1.54, 1.807) is 10.6 Å². The van der Waals surface area contributed by atoms with Gasteiger partial charge in [0.15, 0.2) is 0 Å². The van der Waals surface area contributed by atoms with Crippen LogP contribution in [0.5, 0.6) is 0 Å². The van der Waals surface area contributed by atoms with Crippen molar-refractivity contribution < 1.29 is 4.92 Å². The Labute approximate surface area is 101 Å². The van der Waals surface area contributed by atoms with Crippen LogP contribution in [0.2, 0.25) is 0 Å². The molecule has 0 saturated carbocycles. The number of hydrogen-bond donors (Lipinski definition) is 0. The average molecular weight is 238 g/mol. The second-order valence-electron chi connectivity index (χ2n) is 4.02. The summed E-state index contributed by atoms with van der Waals surface area (Å²) in [6, 6.07) is 0. The van der Waals surface area contributed by atoms with Crippen molar-refractivity contribution in [2.75, 3.05) is 14.1 Å². The Morgan fingerprint density at radius 1 is 1.59 bits per heavy atom. The lowest BCUT2D eigenvalue weighted by atomic mass is 10.3. The topological polar surface area (TPSA) is 64.2 Å². The molecule has 17 heavy (non-hydrogen) atoms. The molecule has 6 heteroatoms. The highest BCUT2D eigenvalue weighted by Crippen LogP contribution is 2.16. The van der Waals surface area contributed by atoms with Crippen LogP contribution in [0.3, 0.4) is 0 Å². The van der Waals surface area contributed by atoms with Gasteiger partial charge in [-0.05, 0) is 11.3 Å². The monoisotopic (exact) mass is 238 g/mol. The third kappa shape index (κ3) is 3.58. The van der Waals surface area contributed by atoms with Crippen LogP contribution in [0.1, 0.15) is 25.6 Å². The van der Waals surface area contributed by atoms with Gasteiger partial charge >= 0.3 is 5.82 Å². The van der Waals surface area contributed by atoms with Gasteiger partial charge in [-0.25, -0.2) is 9.55 Å². The van der Waals surface area contributed by atoms with Crippen LogP contribution >= 0.6 is 0 Å². The molecule has 94 valence electrons. The molecule has 0 aromatic carbocycles. The fraction of sp³-hybridized carbons (Fsp3) is 0.545. The van der Waals surface area contributed by atoms with E-state index < -0.39 is 4.92 Å². The summed E-state index contributed by atoms with van der Waals surface area (Å²) in [6.07, 6.45) is 6.81. The van der Waals surface area contributed by atoms with Crippen molar-refractivity contribution in [1.82, 2.24) is 14.5 Å². The van der Waals surface area contributed by atoms with Crippen molar-refractivity contribution >= 4 is 11.9 Å². The van der Waals surface area contributed by atoms with Crippen LogP contribution in [0.4, 0.5) is 5.82 Å². The first-order valence-electron chi connectivity index (χ1n) is 5.60. The quantitative estimate of drug-likeness (QED) is 0.562. The fourth-order valence-corrected chi connectivity index (χ4v) is 1.42. The Bertz CT molecular complexity index is 410. The first kappa shape index (κ1) is 13.2. The molecule has 1 aromatic heterocycles. The molecule has 0 bridgehead atoms. The van der Waals surface area contributed by atoms with E-state index in [9.17, 15) is 10.1 Å². The number of rotatable bonds is 6. The summed E-state index contributed by atoms with van der Waals surface area (Å²) in [5, 5.41) is 10.8. The lowest BCUT2D eigenvalue weighted by molar-refractivity contribution is -0.392. The molecular weight excluding hydrogens is 220 g/mol. The Kier molecular flexibility index (Phi) is 4.68. The maximum Gasteiger partial charge on any atom is 0.343 e. The maximum absolute atomic E-state index is 10.8. The van der Waals surface area contributed by atoms with E-state index in [-0.39, 0.29) is 5.82 Å². The molecule has 0 aliphatic rings. The summed E-state index contributed by atoms with van der Waals surface area (Å²) in [7, 11) is 3.79. The predicted octanol–water partition coefficient (Wildman–Crippen LogP) is 2.12. The second kappa shape index (κ2) is 6.03. The molecule has 0 amide bonds. The van der Waals surface area contributed by atoms with Gasteiger partial charge in [0.25, 0.3) is 0 Å². The van der Waals surface area contributed by atoms with Crippen LogP contribution in [0.15, 0.2) is 12.4 Å². The molecule has 0 aliphatic carbocycles. The van der Waals surface area contributed by atoms with Crippen molar-refractivity contribution in [3.63, 3.8) is 0 Å². The van der Waals surface area contributed by atoms with Gasteiger partial charge in [-0.15, -0.1) is 0 Å². The molecule has 0 atom stereocenters.